The van der Waals surface area contributed by atoms with Gasteiger partial charge in [0, 0.05) is 12.5 Å². The molecule has 0 saturated heterocycles. The molecule has 98 valence electrons. The average molecular weight is 247 g/mol. The summed E-state index contributed by atoms with van der Waals surface area (Å²) in [6.45, 7) is 0.478. The van der Waals surface area contributed by atoms with E-state index in [-0.39, 0.29) is 17.9 Å². The SMILES string of the molecule is NC1CCC(C(=O)OCCc2ccccc2)CC1. The van der Waals surface area contributed by atoms with Crippen molar-refractivity contribution in [2.45, 2.75) is 38.1 Å². The van der Waals surface area contributed by atoms with Gasteiger partial charge in [0.15, 0.2) is 0 Å². The van der Waals surface area contributed by atoms with Crippen LogP contribution in [0.5, 0.6) is 0 Å². The maximum atomic E-state index is 11.8. The summed E-state index contributed by atoms with van der Waals surface area (Å²) in [4.78, 5) is 11.8. The second-order valence-corrected chi connectivity index (χ2v) is 5.01. The second-order valence-electron chi connectivity index (χ2n) is 5.01. The highest BCUT2D eigenvalue weighted by Gasteiger charge is 2.25. The topological polar surface area (TPSA) is 52.3 Å². The number of esters is 1. The molecule has 3 heteroatoms. The van der Waals surface area contributed by atoms with Gasteiger partial charge in [-0.2, -0.15) is 0 Å². The molecule has 0 atom stereocenters. The number of nitrogens with two attached hydrogens (primary N) is 1. The molecule has 3 nitrogen and oxygen atoms in total. The summed E-state index contributed by atoms with van der Waals surface area (Å²) in [7, 11) is 0. The summed E-state index contributed by atoms with van der Waals surface area (Å²) in [5.41, 5.74) is 7.03. The molecule has 0 heterocycles. The molecule has 0 aliphatic heterocycles. The van der Waals surface area contributed by atoms with Gasteiger partial charge in [0.05, 0.1) is 12.5 Å². The van der Waals surface area contributed by atoms with Crippen molar-refractivity contribution in [3.63, 3.8) is 0 Å². The van der Waals surface area contributed by atoms with Crippen molar-refractivity contribution in [1.82, 2.24) is 0 Å². The Morgan fingerprint density at radius 2 is 1.83 bits per heavy atom. The van der Waals surface area contributed by atoms with E-state index in [1.54, 1.807) is 0 Å². The third-order valence-corrected chi connectivity index (χ3v) is 3.58. The largest absolute Gasteiger partial charge is 0.465 e. The van der Waals surface area contributed by atoms with Crippen LogP contribution in [-0.2, 0) is 16.0 Å². The lowest BCUT2D eigenvalue weighted by Crippen LogP contribution is -2.30. The quantitative estimate of drug-likeness (QED) is 0.830. The Morgan fingerprint density at radius 3 is 2.50 bits per heavy atom. The van der Waals surface area contributed by atoms with E-state index < -0.39 is 0 Å². The van der Waals surface area contributed by atoms with Crippen molar-refractivity contribution in [2.24, 2.45) is 11.7 Å². The van der Waals surface area contributed by atoms with Crippen molar-refractivity contribution in [3.8, 4) is 0 Å². The van der Waals surface area contributed by atoms with Gasteiger partial charge in [0.1, 0.15) is 0 Å². The summed E-state index contributed by atoms with van der Waals surface area (Å²) in [6.07, 6.45) is 4.44. The van der Waals surface area contributed by atoms with Crippen molar-refractivity contribution in [1.29, 1.82) is 0 Å². The van der Waals surface area contributed by atoms with Crippen LogP contribution in [0.3, 0.4) is 0 Å². The molecule has 2 N–H and O–H groups in total. The number of benzene rings is 1. The molecular formula is C15H21NO2. The summed E-state index contributed by atoms with van der Waals surface area (Å²) < 4.78 is 5.34. The lowest BCUT2D eigenvalue weighted by molar-refractivity contribution is -0.149. The fraction of sp³-hybridized carbons (Fsp3) is 0.533. The zero-order valence-corrected chi connectivity index (χ0v) is 10.7. The van der Waals surface area contributed by atoms with Crippen LogP contribution in [0.1, 0.15) is 31.2 Å². The van der Waals surface area contributed by atoms with Crippen molar-refractivity contribution in [3.05, 3.63) is 35.9 Å². The van der Waals surface area contributed by atoms with Crippen LogP contribution in [0.15, 0.2) is 30.3 Å². The fourth-order valence-corrected chi connectivity index (χ4v) is 2.39. The third-order valence-electron chi connectivity index (χ3n) is 3.58. The molecular weight excluding hydrogens is 226 g/mol. The van der Waals surface area contributed by atoms with E-state index in [1.807, 2.05) is 30.3 Å². The van der Waals surface area contributed by atoms with E-state index in [9.17, 15) is 4.79 Å². The van der Waals surface area contributed by atoms with Crippen LogP contribution < -0.4 is 5.73 Å². The molecule has 1 aliphatic carbocycles. The summed E-state index contributed by atoms with van der Waals surface area (Å²) in [5.74, 6) is 0.0263. The molecule has 0 radical (unpaired) electrons. The first-order valence-corrected chi connectivity index (χ1v) is 6.72. The van der Waals surface area contributed by atoms with E-state index in [4.69, 9.17) is 10.5 Å². The minimum atomic E-state index is -0.0437. The predicted molar refractivity (Wildman–Crippen MR) is 71.0 cm³/mol. The van der Waals surface area contributed by atoms with Gasteiger partial charge >= 0.3 is 5.97 Å². The number of hydrogen-bond donors (Lipinski definition) is 1. The number of hydrogen-bond acceptors (Lipinski definition) is 3. The van der Waals surface area contributed by atoms with E-state index >= 15 is 0 Å². The Kier molecular flexibility index (Phi) is 4.76. The van der Waals surface area contributed by atoms with Crippen molar-refractivity contribution < 1.29 is 9.53 Å². The normalized spacial score (nSPS) is 23.6. The molecule has 0 amide bonds. The second kappa shape index (κ2) is 6.55. The molecule has 18 heavy (non-hydrogen) atoms. The van der Waals surface area contributed by atoms with Crippen LogP contribution in [0.25, 0.3) is 0 Å². The Labute approximate surface area is 108 Å². The van der Waals surface area contributed by atoms with E-state index in [1.165, 1.54) is 5.56 Å². The van der Waals surface area contributed by atoms with Gasteiger partial charge in [-0.05, 0) is 31.2 Å². The predicted octanol–water partition coefficient (Wildman–Crippen LogP) is 2.29. The molecule has 1 aromatic rings. The first-order valence-electron chi connectivity index (χ1n) is 6.72. The minimum Gasteiger partial charge on any atom is -0.465 e. The molecule has 0 aromatic heterocycles. The van der Waals surface area contributed by atoms with E-state index in [0.29, 0.717) is 6.61 Å². The van der Waals surface area contributed by atoms with Gasteiger partial charge in [-0.3, -0.25) is 4.79 Å². The maximum absolute atomic E-state index is 11.8. The molecule has 1 aromatic carbocycles. The van der Waals surface area contributed by atoms with Crippen LogP contribution >= 0.6 is 0 Å². The highest BCUT2D eigenvalue weighted by molar-refractivity contribution is 5.72. The Hall–Kier alpha value is -1.35. The van der Waals surface area contributed by atoms with Gasteiger partial charge in [0.25, 0.3) is 0 Å². The summed E-state index contributed by atoms with van der Waals surface area (Å²) in [5, 5.41) is 0. The van der Waals surface area contributed by atoms with Crippen molar-refractivity contribution in [2.75, 3.05) is 6.61 Å². The molecule has 0 spiro atoms. The van der Waals surface area contributed by atoms with Crippen molar-refractivity contribution >= 4 is 5.97 Å². The lowest BCUT2D eigenvalue weighted by Gasteiger charge is -2.24. The first kappa shape index (κ1) is 13.1. The highest BCUT2D eigenvalue weighted by Crippen LogP contribution is 2.24. The van der Waals surface area contributed by atoms with Gasteiger partial charge in [-0.25, -0.2) is 0 Å². The third kappa shape index (κ3) is 3.84. The smallest absolute Gasteiger partial charge is 0.308 e. The van der Waals surface area contributed by atoms with Gasteiger partial charge < -0.3 is 10.5 Å². The van der Waals surface area contributed by atoms with Gasteiger partial charge in [0.2, 0.25) is 0 Å². The standard InChI is InChI=1S/C15H21NO2/c16-14-8-6-13(7-9-14)15(17)18-11-10-12-4-2-1-3-5-12/h1-5,13-14H,6-11,16H2. The first-order chi connectivity index (χ1) is 8.75. The minimum absolute atomic E-state index is 0.0437. The average Bonchev–Trinajstić information content (AvgIpc) is 2.40. The summed E-state index contributed by atoms with van der Waals surface area (Å²) in [6, 6.07) is 10.4. The van der Waals surface area contributed by atoms with Crippen LogP contribution in [-0.4, -0.2) is 18.6 Å². The van der Waals surface area contributed by atoms with Crippen LogP contribution in [0.2, 0.25) is 0 Å². The Bertz CT molecular complexity index is 369. The van der Waals surface area contributed by atoms with Crippen LogP contribution in [0, 0.1) is 5.92 Å². The molecule has 0 bridgehead atoms. The molecule has 2 rings (SSSR count). The number of carbonyl (C=O) groups is 1. The summed E-state index contributed by atoms with van der Waals surface area (Å²) >= 11 is 0. The highest BCUT2D eigenvalue weighted by atomic mass is 16.5. The Morgan fingerprint density at radius 1 is 1.17 bits per heavy atom. The molecule has 1 saturated carbocycles. The monoisotopic (exact) mass is 247 g/mol. The zero-order chi connectivity index (χ0) is 12.8. The molecule has 0 unspecified atom stereocenters. The van der Waals surface area contributed by atoms with Crippen LogP contribution in [0.4, 0.5) is 0 Å². The lowest BCUT2D eigenvalue weighted by atomic mass is 9.86. The number of rotatable bonds is 4. The van der Waals surface area contributed by atoms with E-state index in [0.717, 1.165) is 32.1 Å². The fourth-order valence-electron chi connectivity index (χ4n) is 2.39. The van der Waals surface area contributed by atoms with Gasteiger partial charge in [-0.15, -0.1) is 0 Å². The number of carbonyl (C=O) groups excluding carboxylic acids is 1. The maximum Gasteiger partial charge on any atom is 0.308 e. The Balaban J connectivity index is 1.69. The molecule has 1 aliphatic rings. The zero-order valence-electron chi connectivity index (χ0n) is 10.7. The van der Waals surface area contributed by atoms with E-state index in [2.05, 4.69) is 0 Å². The molecule has 1 fully saturated rings. The number of ether oxygens (including phenoxy) is 1. The van der Waals surface area contributed by atoms with Gasteiger partial charge in [-0.1, -0.05) is 30.3 Å².